The molecule has 4 nitrogen and oxygen atoms in total. The predicted octanol–water partition coefficient (Wildman–Crippen LogP) is 5.62. The van der Waals surface area contributed by atoms with Gasteiger partial charge in [0, 0.05) is 0 Å². The van der Waals surface area contributed by atoms with Crippen LogP contribution in [-0.2, 0) is 13.2 Å². The van der Waals surface area contributed by atoms with Gasteiger partial charge in [0.15, 0.2) is 0 Å². The number of aryl methyl sites for hydroxylation is 3. The van der Waals surface area contributed by atoms with E-state index in [9.17, 15) is 0 Å². The van der Waals surface area contributed by atoms with Gasteiger partial charge in [-0.3, -0.25) is 0 Å². The van der Waals surface area contributed by atoms with Gasteiger partial charge >= 0.3 is 0 Å². The van der Waals surface area contributed by atoms with E-state index in [1.165, 1.54) is 16.7 Å². The van der Waals surface area contributed by atoms with Crippen LogP contribution >= 0.6 is 0 Å². The van der Waals surface area contributed by atoms with Crippen LogP contribution < -0.4 is 9.47 Å². The Balaban J connectivity index is 1.50. The van der Waals surface area contributed by atoms with Gasteiger partial charge in [-0.15, -0.1) is 0 Å². The summed E-state index contributed by atoms with van der Waals surface area (Å²) in [7, 11) is 0. The lowest BCUT2D eigenvalue weighted by molar-refractivity contribution is 0.272. The Bertz CT molecular complexity index is 1130. The minimum Gasteiger partial charge on any atom is -0.492 e. The molecule has 0 aliphatic carbocycles. The van der Waals surface area contributed by atoms with Crippen LogP contribution in [-0.4, -0.2) is 16.2 Å². The standard InChI is InChI=1S/C25H26N2O2/c1-18-7-6-8-21(15-18)29-17-25-26-23-9-4-5-10-24(23)27(25)13-14-28-22-12-11-19(2)20(3)16-22/h4-12,15-16H,13-14,17H2,1-3H3. The Labute approximate surface area is 171 Å². The van der Waals surface area contributed by atoms with E-state index in [2.05, 4.69) is 49.6 Å². The SMILES string of the molecule is Cc1cccc(OCc2nc3ccccc3n2CCOc2ccc(C)c(C)c2)c1. The van der Waals surface area contributed by atoms with Crippen molar-refractivity contribution in [2.45, 2.75) is 33.9 Å². The van der Waals surface area contributed by atoms with Gasteiger partial charge in [-0.25, -0.2) is 4.98 Å². The van der Waals surface area contributed by atoms with E-state index in [1.807, 2.05) is 42.5 Å². The molecule has 0 unspecified atom stereocenters. The summed E-state index contributed by atoms with van der Waals surface area (Å²) >= 11 is 0. The Morgan fingerprint density at radius 3 is 2.45 bits per heavy atom. The highest BCUT2D eigenvalue weighted by Gasteiger charge is 2.11. The topological polar surface area (TPSA) is 36.3 Å². The summed E-state index contributed by atoms with van der Waals surface area (Å²) in [5.41, 5.74) is 5.76. The first kappa shape index (κ1) is 19.1. The molecule has 4 rings (SSSR count). The van der Waals surface area contributed by atoms with Crippen LogP contribution in [0.3, 0.4) is 0 Å². The third-order valence-electron chi connectivity index (χ3n) is 5.15. The lowest BCUT2D eigenvalue weighted by atomic mass is 10.1. The summed E-state index contributed by atoms with van der Waals surface area (Å²) in [4.78, 5) is 4.78. The third kappa shape index (κ3) is 4.43. The van der Waals surface area contributed by atoms with Gasteiger partial charge in [0.1, 0.15) is 30.5 Å². The van der Waals surface area contributed by atoms with Crippen molar-refractivity contribution in [1.82, 2.24) is 9.55 Å². The smallest absolute Gasteiger partial charge is 0.148 e. The predicted molar refractivity (Wildman–Crippen MR) is 117 cm³/mol. The Morgan fingerprint density at radius 1 is 0.793 bits per heavy atom. The molecular weight excluding hydrogens is 360 g/mol. The molecule has 0 spiro atoms. The van der Waals surface area contributed by atoms with Crippen molar-refractivity contribution in [2.24, 2.45) is 0 Å². The van der Waals surface area contributed by atoms with Crippen LogP contribution in [0.4, 0.5) is 0 Å². The first-order valence-electron chi connectivity index (χ1n) is 9.94. The molecule has 0 aliphatic heterocycles. The van der Waals surface area contributed by atoms with Gasteiger partial charge in [-0.2, -0.15) is 0 Å². The number of para-hydroxylation sites is 2. The molecule has 4 aromatic rings. The quantitative estimate of drug-likeness (QED) is 0.414. The van der Waals surface area contributed by atoms with Gasteiger partial charge < -0.3 is 14.0 Å². The zero-order chi connectivity index (χ0) is 20.2. The van der Waals surface area contributed by atoms with Gasteiger partial charge in [0.25, 0.3) is 0 Å². The Hall–Kier alpha value is -3.27. The molecule has 3 aromatic carbocycles. The van der Waals surface area contributed by atoms with Crippen molar-refractivity contribution < 1.29 is 9.47 Å². The number of benzene rings is 3. The van der Waals surface area contributed by atoms with Crippen LogP contribution in [0.15, 0.2) is 66.7 Å². The maximum Gasteiger partial charge on any atom is 0.148 e. The van der Waals surface area contributed by atoms with E-state index < -0.39 is 0 Å². The molecule has 0 bridgehead atoms. The lowest BCUT2D eigenvalue weighted by Crippen LogP contribution is -2.13. The molecule has 0 fully saturated rings. The van der Waals surface area contributed by atoms with Gasteiger partial charge in [0.2, 0.25) is 0 Å². The summed E-state index contributed by atoms with van der Waals surface area (Å²) in [5, 5.41) is 0. The molecule has 148 valence electrons. The molecule has 1 aromatic heterocycles. The molecular formula is C25H26N2O2. The van der Waals surface area contributed by atoms with E-state index in [4.69, 9.17) is 14.5 Å². The van der Waals surface area contributed by atoms with E-state index >= 15 is 0 Å². The van der Waals surface area contributed by atoms with E-state index in [0.29, 0.717) is 19.8 Å². The second kappa shape index (κ2) is 8.39. The maximum atomic E-state index is 6.01. The molecule has 1 heterocycles. The molecule has 0 N–H and O–H groups in total. The first-order valence-corrected chi connectivity index (χ1v) is 9.94. The molecule has 0 amide bonds. The normalized spacial score (nSPS) is 11.0. The summed E-state index contributed by atoms with van der Waals surface area (Å²) in [6, 6.07) is 22.5. The van der Waals surface area contributed by atoms with Crippen LogP contribution in [0, 0.1) is 20.8 Å². The average Bonchev–Trinajstić information content (AvgIpc) is 3.07. The van der Waals surface area contributed by atoms with Crippen LogP contribution in [0.1, 0.15) is 22.5 Å². The minimum absolute atomic E-state index is 0.418. The molecule has 29 heavy (non-hydrogen) atoms. The number of rotatable bonds is 7. The Kier molecular flexibility index (Phi) is 5.52. The third-order valence-corrected chi connectivity index (χ3v) is 5.15. The number of nitrogens with zero attached hydrogens (tertiary/aromatic N) is 2. The molecule has 0 atom stereocenters. The average molecular weight is 386 g/mol. The maximum absolute atomic E-state index is 6.01. The molecule has 4 heteroatoms. The zero-order valence-corrected chi connectivity index (χ0v) is 17.2. The van der Waals surface area contributed by atoms with Crippen LogP contribution in [0.25, 0.3) is 11.0 Å². The number of hydrogen-bond donors (Lipinski definition) is 0. The first-order chi connectivity index (χ1) is 14.1. The van der Waals surface area contributed by atoms with E-state index in [-0.39, 0.29) is 0 Å². The van der Waals surface area contributed by atoms with Crippen molar-refractivity contribution in [3.8, 4) is 11.5 Å². The van der Waals surface area contributed by atoms with Gasteiger partial charge in [0.05, 0.1) is 17.6 Å². The van der Waals surface area contributed by atoms with Gasteiger partial charge in [-0.1, -0.05) is 30.3 Å². The highest BCUT2D eigenvalue weighted by Crippen LogP contribution is 2.20. The number of hydrogen-bond acceptors (Lipinski definition) is 3. The molecule has 0 saturated heterocycles. The van der Waals surface area contributed by atoms with Crippen molar-refractivity contribution in [2.75, 3.05) is 6.61 Å². The summed E-state index contributed by atoms with van der Waals surface area (Å²) in [6.45, 7) is 7.97. The second-order valence-corrected chi connectivity index (χ2v) is 7.37. The van der Waals surface area contributed by atoms with Crippen molar-refractivity contribution in [3.05, 3.63) is 89.2 Å². The van der Waals surface area contributed by atoms with E-state index in [0.717, 1.165) is 28.4 Å². The molecule has 0 radical (unpaired) electrons. The largest absolute Gasteiger partial charge is 0.492 e. The van der Waals surface area contributed by atoms with Crippen molar-refractivity contribution in [3.63, 3.8) is 0 Å². The fourth-order valence-electron chi connectivity index (χ4n) is 3.40. The summed E-state index contributed by atoms with van der Waals surface area (Å²) in [6.07, 6.45) is 0. The van der Waals surface area contributed by atoms with Crippen LogP contribution in [0.5, 0.6) is 11.5 Å². The van der Waals surface area contributed by atoms with E-state index in [1.54, 1.807) is 0 Å². The minimum atomic E-state index is 0.418. The highest BCUT2D eigenvalue weighted by molar-refractivity contribution is 5.75. The fourth-order valence-corrected chi connectivity index (χ4v) is 3.40. The summed E-state index contributed by atoms with van der Waals surface area (Å²) < 4.78 is 14.2. The monoisotopic (exact) mass is 386 g/mol. The number of fused-ring (bicyclic) bond motifs is 1. The highest BCUT2D eigenvalue weighted by atomic mass is 16.5. The summed E-state index contributed by atoms with van der Waals surface area (Å²) in [5.74, 6) is 2.65. The number of aromatic nitrogens is 2. The number of imidazole rings is 1. The van der Waals surface area contributed by atoms with Crippen LogP contribution in [0.2, 0.25) is 0 Å². The zero-order valence-electron chi connectivity index (χ0n) is 17.2. The molecule has 0 aliphatic rings. The molecule has 0 saturated carbocycles. The lowest BCUT2D eigenvalue weighted by Gasteiger charge is -2.12. The van der Waals surface area contributed by atoms with Gasteiger partial charge in [-0.05, 0) is 73.9 Å². The number of ether oxygens (including phenoxy) is 2. The second-order valence-electron chi connectivity index (χ2n) is 7.37. The Morgan fingerprint density at radius 2 is 1.62 bits per heavy atom. The van der Waals surface area contributed by atoms with Crippen molar-refractivity contribution >= 4 is 11.0 Å². The fraction of sp³-hybridized carbons (Fsp3) is 0.240. The van der Waals surface area contributed by atoms with Crippen molar-refractivity contribution in [1.29, 1.82) is 0 Å².